The van der Waals surface area contributed by atoms with Gasteiger partial charge in [0.05, 0.1) is 4.92 Å². The number of nitro groups is 1. The highest BCUT2D eigenvalue weighted by atomic mass is 35.5. The highest BCUT2D eigenvalue weighted by molar-refractivity contribution is 6.30. The topological polar surface area (TPSA) is 78.4 Å². The molecule has 7 heteroatoms. The Morgan fingerprint density at radius 1 is 1.29 bits per heavy atom. The maximum absolute atomic E-state index is 13.9. The lowest BCUT2D eigenvalue weighted by Crippen LogP contribution is -2.05. The summed E-state index contributed by atoms with van der Waals surface area (Å²) in [6.45, 7) is 1.72. The predicted molar refractivity (Wildman–Crippen MR) is 77.2 cm³/mol. The van der Waals surface area contributed by atoms with E-state index in [-0.39, 0.29) is 28.3 Å². The summed E-state index contributed by atoms with van der Waals surface area (Å²) in [4.78, 5) is 10.3. The molecule has 110 valence electrons. The zero-order chi connectivity index (χ0) is 15.6. The molecular formula is C14H12ClFN2O3. The van der Waals surface area contributed by atoms with Crippen LogP contribution >= 0.6 is 11.6 Å². The van der Waals surface area contributed by atoms with E-state index < -0.39 is 10.7 Å². The fraction of sp³-hybridized carbons (Fsp3) is 0.143. The van der Waals surface area contributed by atoms with Gasteiger partial charge in [-0.1, -0.05) is 17.7 Å². The number of nitrogens with two attached hydrogens (primary N) is 1. The monoisotopic (exact) mass is 310 g/mol. The summed E-state index contributed by atoms with van der Waals surface area (Å²) in [7, 11) is 0. The van der Waals surface area contributed by atoms with Crippen LogP contribution in [0.15, 0.2) is 36.4 Å². The van der Waals surface area contributed by atoms with Crippen molar-refractivity contribution >= 4 is 17.3 Å². The minimum Gasteiger partial charge on any atom is -0.447 e. The second-order valence-corrected chi connectivity index (χ2v) is 4.89. The van der Waals surface area contributed by atoms with Crippen LogP contribution in [0, 0.1) is 15.9 Å². The van der Waals surface area contributed by atoms with Gasteiger partial charge >= 0.3 is 5.69 Å². The molecule has 0 aliphatic rings. The van der Waals surface area contributed by atoms with Gasteiger partial charge in [0.1, 0.15) is 0 Å². The van der Waals surface area contributed by atoms with E-state index in [0.29, 0.717) is 5.56 Å². The Labute approximate surface area is 125 Å². The van der Waals surface area contributed by atoms with Gasteiger partial charge in [0, 0.05) is 23.2 Å². The van der Waals surface area contributed by atoms with Gasteiger partial charge in [-0.3, -0.25) is 10.1 Å². The Morgan fingerprint density at radius 2 is 2.00 bits per heavy atom. The molecule has 0 heterocycles. The molecule has 0 saturated heterocycles. The molecule has 2 rings (SSSR count). The summed E-state index contributed by atoms with van der Waals surface area (Å²) in [6.07, 6.45) is 0. The molecule has 0 amide bonds. The van der Waals surface area contributed by atoms with Crippen molar-refractivity contribution in [1.29, 1.82) is 0 Å². The molecule has 0 bridgehead atoms. The lowest BCUT2D eigenvalue weighted by molar-refractivity contribution is -0.385. The van der Waals surface area contributed by atoms with E-state index >= 15 is 0 Å². The maximum atomic E-state index is 13.9. The fourth-order valence-corrected chi connectivity index (χ4v) is 1.88. The first-order valence-corrected chi connectivity index (χ1v) is 6.43. The van der Waals surface area contributed by atoms with Gasteiger partial charge in [-0.05, 0) is 30.7 Å². The Hall–Kier alpha value is -2.18. The largest absolute Gasteiger partial charge is 0.447 e. The van der Waals surface area contributed by atoms with Crippen LogP contribution in [0.1, 0.15) is 18.5 Å². The van der Waals surface area contributed by atoms with Crippen molar-refractivity contribution in [3.8, 4) is 11.5 Å². The maximum Gasteiger partial charge on any atom is 0.311 e. The highest BCUT2D eigenvalue weighted by Gasteiger charge is 2.18. The van der Waals surface area contributed by atoms with Crippen LogP contribution in [-0.2, 0) is 0 Å². The smallest absolute Gasteiger partial charge is 0.311 e. The van der Waals surface area contributed by atoms with E-state index in [1.54, 1.807) is 13.0 Å². The number of nitrogens with zero attached hydrogens (tertiary/aromatic N) is 1. The predicted octanol–water partition coefficient (Wildman–Crippen LogP) is 4.20. The van der Waals surface area contributed by atoms with E-state index in [0.717, 1.165) is 0 Å². The standard InChI is InChI=1S/C14H12ClFN2O3/c1-8(17)9-2-5-13(11(16)6-9)21-14-7-10(15)3-4-12(14)18(19)20/h2-8H,17H2,1H3/t8-/m0/s1. The summed E-state index contributed by atoms with van der Waals surface area (Å²) in [5.41, 5.74) is 5.96. The lowest BCUT2D eigenvalue weighted by Gasteiger charge is -2.10. The van der Waals surface area contributed by atoms with Crippen molar-refractivity contribution in [2.24, 2.45) is 5.73 Å². The van der Waals surface area contributed by atoms with Crippen LogP contribution in [0.2, 0.25) is 5.02 Å². The summed E-state index contributed by atoms with van der Waals surface area (Å²) in [5, 5.41) is 11.2. The molecule has 0 aromatic heterocycles. The highest BCUT2D eigenvalue weighted by Crippen LogP contribution is 2.35. The number of hydrogen-bond acceptors (Lipinski definition) is 4. The van der Waals surface area contributed by atoms with Crippen molar-refractivity contribution in [1.82, 2.24) is 0 Å². The Bertz CT molecular complexity index is 692. The Balaban J connectivity index is 2.38. The number of benzene rings is 2. The van der Waals surface area contributed by atoms with Crippen molar-refractivity contribution in [3.63, 3.8) is 0 Å². The van der Waals surface area contributed by atoms with Crippen molar-refractivity contribution in [3.05, 3.63) is 62.9 Å². The van der Waals surface area contributed by atoms with E-state index in [1.807, 2.05) is 0 Å². The van der Waals surface area contributed by atoms with Gasteiger partial charge in [0.25, 0.3) is 0 Å². The quantitative estimate of drug-likeness (QED) is 0.678. The number of nitro benzene ring substituents is 1. The van der Waals surface area contributed by atoms with Gasteiger partial charge in [-0.15, -0.1) is 0 Å². The Morgan fingerprint density at radius 3 is 2.57 bits per heavy atom. The SMILES string of the molecule is C[C@H](N)c1ccc(Oc2cc(Cl)ccc2[N+](=O)[O-])c(F)c1. The number of ether oxygens (including phenoxy) is 1. The summed E-state index contributed by atoms with van der Waals surface area (Å²) < 4.78 is 19.2. The molecule has 0 spiro atoms. The average molecular weight is 311 g/mol. The zero-order valence-electron chi connectivity index (χ0n) is 11.0. The molecule has 0 saturated carbocycles. The third kappa shape index (κ3) is 3.48. The first-order valence-electron chi connectivity index (χ1n) is 6.05. The molecule has 0 aliphatic carbocycles. The minimum absolute atomic E-state index is 0.125. The molecule has 2 aromatic carbocycles. The van der Waals surface area contributed by atoms with Gasteiger partial charge in [0.15, 0.2) is 11.6 Å². The summed E-state index contributed by atoms with van der Waals surface area (Å²) >= 11 is 5.78. The van der Waals surface area contributed by atoms with Gasteiger partial charge in [-0.25, -0.2) is 4.39 Å². The zero-order valence-corrected chi connectivity index (χ0v) is 11.8. The summed E-state index contributed by atoms with van der Waals surface area (Å²) in [6, 6.07) is 7.70. The third-order valence-electron chi connectivity index (χ3n) is 2.82. The fourth-order valence-electron chi connectivity index (χ4n) is 1.72. The first kappa shape index (κ1) is 15.2. The van der Waals surface area contributed by atoms with Crippen LogP contribution in [-0.4, -0.2) is 4.92 Å². The van der Waals surface area contributed by atoms with Crippen LogP contribution in [0.3, 0.4) is 0 Å². The average Bonchev–Trinajstić information content (AvgIpc) is 2.40. The molecule has 1 atom stereocenters. The molecule has 0 aliphatic heterocycles. The van der Waals surface area contributed by atoms with Crippen LogP contribution in [0.5, 0.6) is 11.5 Å². The molecule has 21 heavy (non-hydrogen) atoms. The molecule has 0 unspecified atom stereocenters. The molecule has 2 N–H and O–H groups in total. The lowest BCUT2D eigenvalue weighted by atomic mass is 10.1. The molecule has 2 aromatic rings. The number of halogens is 2. The third-order valence-corrected chi connectivity index (χ3v) is 3.06. The van der Waals surface area contributed by atoms with Crippen molar-refractivity contribution < 1.29 is 14.1 Å². The second kappa shape index (κ2) is 6.07. The van der Waals surface area contributed by atoms with Gasteiger partial charge in [0.2, 0.25) is 5.75 Å². The van der Waals surface area contributed by atoms with Crippen molar-refractivity contribution in [2.75, 3.05) is 0 Å². The molecule has 5 nitrogen and oxygen atoms in total. The number of hydrogen-bond donors (Lipinski definition) is 1. The normalized spacial score (nSPS) is 12.0. The summed E-state index contributed by atoms with van der Waals surface area (Å²) in [5.74, 6) is -0.913. The van der Waals surface area contributed by atoms with E-state index in [9.17, 15) is 14.5 Å². The molecule has 0 radical (unpaired) electrons. The second-order valence-electron chi connectivity index (χ2n) is 4.45. The van der Waals surface area contributed by atoms with Crippen LogP contribution < -0.4 is 10.5 Å². The Kier molecular flexibility index (Phi) is 4.40. The first-order chi connectivity index (χ1) is 9.88. The number of rotatable bonds is 4. The van der Waals surface area contributed by atoms with E-state index in [1.165, 1.54) is 30.3 Å². The van der Waals surface area contributed by atoms with Crippen LogP contribution in [0.25, 0.3) is 0 Å². The molecular weight excluding hydrogens is 299 g/mol. The van der Waals surface area contributed by atoms with E-state index in [2.05, 4.69) is 0 Å². The van der Waals surface area contributed by atoms with Gasteiger partial charge in [-0.2, -0.15) is 0 Å². The molecule has 0 fully saturated rings. The van der Waals surface area contributed by atoms with Crippen LogP contribution in [0.4, 0.5) is 10.1 Å². The van der Waals surface area contributed by atoms with E-state index in [4.69, 9.17) is 22.1 Å². The van der Waals surface area contributed by atoms with Crippen molar-refractivity contribution in [2.45, 2.75) is 13.0 Å². The van der Waals surface area contributed by atoms with Gasteiger partial charge < -0.3 is 10.5 Å². The minimum atomic E-state index is -0.654.